The Labute approximate surface area is 78.9 Å². The third-order valence-electron chi connectivity index (χ3n) is 1.27. The second-order valence-electron chi connectivity index (χ2n) is 2.13. The lowest BCUT2D eigenvalue weighted by Gasteiger charge is -2.03. The average molecular weight is 227 g/mol. The summed E-state index contributed by atoms with van der Waals surface area (Å²) < 4.78 is 5.85. The van der Waals surface area contributed by atoms with Gasteiger partial charge in [-0.05, 0) is 28.1 Å². The Kier molecular flexibility index (Phi) is 2.94. The predicted octanol–water partition coefficient (Wildman–Crippen LogP) is 1.93. The minimum atomic E-state index is 0.0427. The van der Waals surface area contributed by atoms with Crippen LogP contribution in [0.5, 0.6) is 5.75 Å². The number of ether oxygens (including phenoxy) is 1. The predicted molar refractivity (Wildman–Crippen MR) is 49.7 cm³/mol. The van der Waals surface area contributed by atoms with Crippen molar-refractivity contribution in [2.24, 2.45) is 0 Å². The summed E-state index contributed by atoms with van der Waals surface area (Å²) in [7, 11) is 0. The van der Waals surface area contributed by atoms with Crippen molar-refractivity contribution in [1.82, 2.24) is 0 Å². The quantitative estimate of drug-likeness (QED) is 0.785. The molecule has 0 bridgehead atoms. The first-order valence-electron chi connectivity index (χ1n) is 3.29. The van der Waals surface area contributed by atoms with Gasteiger partial charge in [0.05, 0.1) is 0 Å². The minimum absolute atomic E-state index is 0.0427. The van der Waals surface area contributed by atoms with E-state index in [0.717, 1.165) is 4.47 Å². The van der Waals surface area contributed by atoms with Crippen LogP contribution in [0.1, 0.15) is 0 Å². The van der Waals surface area contributed by atoms with E-state index in [-0.39, 0.29) is 6.61 Å². The normalized spacial score (nSPS) is 9.00. The van der Waals surface area contributed by atoms with Crippen LogP contribution in [0.4, 0.5) is 5.69 Å². The monoisotopic (exact) mass is 226 g/mol. The van der Waals surface area contributed by atoms with Crippen molar-refractivity contribution in [3.05, 3.63) is 22.7 Å². The van der Waals surface area contributed by atoms with Crippen molar-refractivity contribution in [1.29, 1.82) is 5.26 Å². The van der Waals surface area contributed by atoms with E-state index in [1.165, 1.54) is 0 Å². The topological polar surface area (TPSA) is 59.0 Å². The molecule has 0 aliphatic heterocycles. The third kappa shape index (κ3) is 2.14. The number of nitrogens with zero attached hydrogens (tertiary/aromatic N) is 1. The molecular weight excluding hydrogens is 220 g/mol. The van der Waals surface area contributed by atoms with E-state index >= 15 is 0 Å². The van der Waals surface area contributed by atoms with Gasteiger partial charge in [-0.1, -0.05) is 0 Å². The van der Waals surface area contributed by atoms with Crippen molar-refractivity contribution >= 4 is 21.6 Å². The summed E-state index contributed by atoms with van der Waals surface area (Å²) in [6.45, 7) is 0.0427. The van der Waals surface area contributed by atoms with Gasteiger partial charge in [0, 0.05) is 16.2 Å². The van der Waals surface area contributed by atoms with E-state index in [9.17, 15) is 0 Å². The smallest absolute Gasteiger partial charge is 0.174 e. The Balaban J connectivity index is 2.77. The maximum Gasteiger partial charge on any atom is 0.174 e. The lowest BCUT2D eigenvalue weighted by molar-refractivity contribution is 0.368. The van der Waals surface area contributed by atoms with Crippen LogP contribution in [-0.4, -0.2) is 6.61 Å². The van der Waals surface area contributed by atoms with Crippen molar-refractivity contribution < 1.29 is 4.74 Å². The lowest BCUT2D eigenvalue weighted by Crippen LogP contribution is -1.94. The fourth-order valence-corrected chi connectivity index (χ4v) is 0.974. The number of halogens is 1. The van der Waals surface area contributed by atoms with Gasteiger partial charge in [-0.25, -0.2) is 0 Å². The molecule has 4 heteroatoms. The zero-order valence-electron chi connectivity index (χ0n) is 6.25. The van der Waals surface area contributed by atoms with Gasteiger partial charge in [0.25, 0.3) is 0 Å². The summed E-state index contributed by atoms with van der Waals surface area (Å²) in [6, 6.07) is 7.07. The Morgan fingerprint density at radius 1 is 1.58 bits per heavy atom. The Morgan fingerprint density at radius 3 is 2.92 bits per heavy atom. The van der Waals surface area contributed by atoms with Crippen LogP contribution >= 0.6 is 15.9 Å². The molecule has 0 fully saturated rings. The summed E-state index contributed by atoms with van der Waals surface area (Å²) >= 11 is 3.25. The second kappa shape index (κ2) is 3.98. The Morgan fingerprint density at radius 2 is 2.33 bits per heavy atom. The molecule has 2 N–H and O–H groups in total. The van der Waals surface area contributed by atoms with Gasteiger partial charge in [0.15, 0.2) is 6.61 Å². The highest BCUT2D eigenvalue weighted by molar-refractivity contribution is 9.10. The van der Waals surface area contributed by atoms with Gasteiger partial charge in [-0.15, -0.1) is 0 Å². The van der Waals surface area contributed by atoms with Gasteiger partial charge in [-0.3, -0.25) is 0 Å². The summed E-state index contributed by atoms with van der Waals surface area (Å²) in [5.41, 5.74) is 6.18. The molecule has 0 aromatic heterocycles. The van der Waals surface area contributed by atoms with E-state index < -0.39 is 0 Å². The summed E-state index contributed by atoms with van der Waals surface area (Å²) in [4.78, 5) is 0. The molecule has 0 heterocycles. The Hall–Kier alpha value is -1.21. The molecule has 0 spiro atoms. The van der Waals surface area contributed by atoms with Gasteiger partial charge < -0.3 is 10.5 Å². The molecule has 3 nitrogen and oxygen atoms in total. The van der Waals surface area contributed by atoms with Crippen LogP contribution in [0.2, 0.25) is 0 Å². The van der Waals surface area contributed by atoms with E-state index in [2.05, 4.69) is 15.9 Å². The van der Waals surface area contributed by atoms with Crippen LogP contribution < -0.4 is 10.5 Å². The molecule has 12 heavy (non-hydrogen) atoms. The highest BCUT2D eigenvalue weighted by Gasteiger charge is 1.97. The van der Waals surface area contributed by atoms with Crippen LogP contribution in [0.3, 0.4) is 0 Å². The molecule has 0 aliphatic carbocycles. The second-order valence-corrected chi connectivity index (χ2v) is 2.98. The number of nitriles is 1. The van der Waals surface area contributed by atoms with Crippen molar-refractivity contribution in [2.75, 3.05) is 12.3 Å². The first-order valence-corrected chi connectivity index (χ1v) is 4.08. The lowest BCUT2D eigenvalue weighted by atomic mass is 10.3. The fraction of sp³-hybridized carbons (Fsp3) is 0.125. The number of hydrogen-bond acceptors (Lipinski definition) is 3. The third-order valence-corrected chi connectivity index (χ3v) is 1.99. The molecule has 1 rings (SSSR count). The molecule has 1 aromatic rings. The molecule has 0 unspecified atom stereocenters. The number of nitrogen functional groups attached to an aromatic ring is 1. The van der Waals surface area contributed by atoms with E-state index in [1.807, 2.05) is 6.07 Å². The zero-order valence-corrected chi connectivity index (χ0v) is 7.84. The number of benzene rings is 1. The van der Waals surface area contributed by atoms with Gasteiger partial charge in [0.2, 0.25) is 0 Å². The summed E-state index contributed by atoms with van der Waals surface area (Å²) in [6.07, 6.45) is 0. The standard InChI is InChI=1S/C8H7BrN2O/c9-7-2-1-6(5-8(7)11)12-4-3-10/h1-2,5H,4,11H2. The molecule has 0 atom stereocenters. The summed E-state index contributed by atoms with van der Waals surface area (Å²) in [5, 5.41) is 8.24. The van der Waals surface area contributed by atoms with Crippen molar-refractivity contribution in [2.45, 2.75) is 0 Å². The molecule has 62 valence electrons. The zero-order chi connectivity index (χ0) is 8.97. The van der Waals surface area contributed by atoms with Crippen LogP contribution in [0.25, 0.3) is 0 Å². The van der Waals surface area contributed by atoms with Crippen molar-refractivity contribution in [3.63, 3.8) is 0 Å². The fourth-order valence-electron chi connectivity index (χ4n) is 0.727. The first-order chi connectivity index (χ1) is 5.74. The van der Waals surface area contributed by atoms with Gasteiger partial charge in [0.1, 0.15) is 11.8 Å². The summed E-state index contributed by atoms with van der Waals surface area (Å²) in [5.74, 6) is 0.609. The minimum Gasteiger partial charge on any atom is -0.479 e. The Bertz CT molecular complexity index is 319. The van der Waals surface area contributed by atoms with Crippen molar-refractivity contribution in [3.8, 4) is 11.8 Å². The molecule has 1 aromatic carbocycles. The number of nitrogens with two attached hydrogens (primary N) is 1. The highest BCUT2D eigenvalue weighted by Crippen LogP contribution is 2.24. The molecule has 0 amide bonds. The van der Waals surface area contributed by atoms with E-state index in [0.29, 0.717) is 11.4 Å². The van der Waals surface area contributed by atoms with Gasteiger partial charge >= 0.3 is 0 Å². The van der Waals surface area contributed by atoms with Crippen LogP contribution in [0, 0.1) is 11.3 Å². The van der Waals surface area contributed by atoms with Crippen LogP contribution in [0.15, 0.2) is 22.7 Å². The largest absolute Gasteiger partial charge is 0.479 e. The number of anilines is 1. The SMILES string of the molecule is N#CCOc1ccc(Br)c(N)c1. The molecule has 0 aliphatic rings. The van der Waals surface area contributed by atoms with Crippen LogP contribution in [-0.2, 0) is 0 Å². The maximum absolute atomic E-state index is 8.24. The number of hydrogen-bond donors (Lipinski definition) is 1. The average Bonchev–Trinajstić information content (AvgIpc) is 2.07. The van der Waals surface area contributed by atoms with Gasteiger partial charge in [-0.2, -0.15) is 5.26 Å². The highest BCUT2D eigenvalue weighted by atomic mass is 79.9. The first kappa shape index (κ1) is 8.88. The van der Waals surface area contributed by atoms with E-state index in [4.69, 9.17) is 15.7 Å². The van der Waals surface area contributed by atoms with E-state index in [1.54, 1.807) is 18.2 Å². The molecule has 0 radical (unpaired) electrons. The molecular formula is C8H7BrN2O. The molecule has 0 saturated heterocycles. The number of rotatable bonds is 2. The maximum atomic E-state index is 8.24. The molecule has 0 saturated carbocycles.